The lowest BCUT2D eigenvalue weighted by molar-refractivity contribution is 0.467. The Kier molecular flexibility index (Phi) is 4.08. The van der Waals surface area contributed by atoms with Crippen molar-refractivity contribution < 1.29 is 9.50 Å². The Balaban J connectivity index is 2.26. The first kappa shape index (κ1) is 14.1. The van der Waals surface area contributed by atoms with Crippen LogP contribution in [0.3, 0.4) is 0 Å². The predicted molar refractivity (Wildman–Crippen MR) is 78.7 cm³/mol. The smallest absolute Gasteiger partial charge is 0.132 e. The zero-order chi connectivity index (χ0) is 14.7. The van der Waals surface area contributed by atoms with E-state index in [1.165, 1.54) is 6.07 Å². The van der Waals surface area contributed by atoms with Crippen LogP contribution in [0.1, 0.15) is 18.5 Å². The normalized spacial score (nSPS) is 12.0. The van der Waals surface area contributed by atoms with Crippen molar-refractivity contribution in [2.45, 2.75) is 13.0 Å². The van der Waals surface area contributed by atoms with Crippen LogP contribution in [0.2, 0.25) is 0 Å². The summed E-state index contributed by atoms with van der Waals surface area (Å²) in [5, 5.41) is 12.5. The molecule has 1 unspecified atom stereocenters. The van der Waals surface area contributed by atoms with E-state index in [-0.39, 0.29) is 11.8 Å². The molecule has 4 nitrogen and oxygen atoms in total. The minimum Gasteiger partial charge on any atom is -0.508 e. The molecule has 2 aromatic rings. The second-order valence-electron chi connectivity index (χ2n) is 4.86. The van der Waals surface area contributed by atoms with E-state index in [0.29, 0.717) is 5.56 Å². The van der Waals surface area contributed by atoms with E-state index in [9.17, 15) is 9.50 Å². The van der Waals surface area contributed by atoms with Crippen LogP contribution in [0.25, 0.3) is 0 Å². The number of benzene rings is 1. The molecular weight excluding hydrogens is 257 g/mol. The zero-order valence-corrected chi connectivity index (χ0v) is 11.8. The molecule has 0 radical (unpaired) electrons. The number of hydrogen-bond donors (Lipinski definition) is 2. The van der Waals surface area contributed by atoms with Gasteiger partial charge in [0, 0.05) is 31.9 Å². The Morgan fingerprint density at radius 3 is 2.70 bits per heavy atom. The largest absolute Gasteiger partial charge is 0.508 e. The zero-order valence-electron chi connectivity index (χ0n) is 11.8. The summed E-state index contributed by atoms with van der Waals surface area (Å²) < 4.78 is 13.8. The van der Waals surface area contributed by atoms with Crippen LogP contribution in [0.4, 0.5) is 15.8 Å². The summed E-state index contributed by atoms with van der Waals surface area (Å²) in [6, 6.07) is 5.82. The van der Waals surface area contributed by atoms with Crippen molar-refractivity contribution in [3.05, 3.63) is 48.0 Å². The molecule has 20 heavy (non-hydrogen) atoms. The highest BCUT2D eigenvalue weighted by Gasteiger charge is 2.13. The molecule has 106 valence electrons. The number of aromatic hydroxyl groups is 1. The van der Waals surface area contributed by atoms with Crippen LogP contribution < -0.4 is 10.2 Å². The van der Waals surface area contributed by atoms with Gasteiger partial charge in [-0.1, -0.05) is 6.07 Å². The van der Waals surface area contributed by atoms with Gasteiger partial charge in [-0.3, -0.25) is 4.98 Å². The van der Waals surface area contributed by atoms with Gasteiger partial charge in [0.05, 0.1) is 23.6 Å². The fourth-order valence-electron chi connectivity index (χ4n) is 2.07. The predicted octanol–water partition coefficient (Wildman–Crippen LogP) is 3.17. The first-order chi connectivity index (χ1) is 9.49. The van der Waals surface area contributed by atoms with Crippen LogP contribution >= 0.6 is 0 Å². The molecule has 0 spiro atoms. The number of aromatic nitrogens is 1. The maximum atomic E-state index is 13.8. The molecule has 1 aromatic heterocycles. The van der Waals surface area contributed by atoms with Crippen molar-refractivity contribution in [1.82, 2.24) is 4.98 Å². The molecule has 0 aliphatic carbocycles. The summed E-state index contributed by atoms with van der Waals surface area (Å²) >= 11 is 0. The van der Waals surface area contributed by atoms with Crippen molar-refractivity contribution in [3.8, 4) is 5.75 Å². The monoisotopic (exact) mass is 275 g/mol. The lowest BCUT2D eigenvalue weighted by Gasteiger charge is -2.22. The van der Waals surface area contributed by atoms with Crippen molar-refractivity contribution >= 4 is 11.4 Å². The minimum atomic E-state index is -0.430. The first-order valence-corrected chi connectivity index (χ1v) is 6.35. The molecule has 0 bridgehead atoms. The Bertz CT molecular complexity index is 601. The molecule has 0 amide bonds. The van der Waals surface area contributed by atoms with Crippen molar-refractivity contribution in [2.75, 3.05) is 24.3 Å². The first-order valence-electron chi connectivity index (χ1n) is 6.35. The highest BCUT2D eigenvalue weighted by molar-refractivity contribution is 5.68. The molecular formula is C15H18FN3O. The van der Waals surface area contributed by atoms with Gasteiger partial charge in [0.1, 0.15) is 11.6 Å². The van der Waals surface area contributed by atoms with Gasteiger partial charge in [-0.05, 0) is 19.1 Å². The van der Waals surface area contributed by atoms with Gasteiger partial charge in [-0.2, -0.15) is 0 Å². The quantitative estimate of drug-likeness (QED) is 0.900. The second kappa shape index (κ2) is 5.77. The number of halogens is 1. The Morgan fingerprint density at radius 1 is 1.30 bits per heavy atom. The van der Waals surface area contributed by atoms with Gasteiger partial charge in [0.15, 0.2) is 0 Å². The summed E-state index contributed by atoms with van der Waals surface area (Å²) in [5.41, 5.74) is 2.31. The van der Waals surface area contributed by atoms with E-state index in [1.54, 1.807) is 18.5 Å². The summed E-state index contributed by atoms with van der Waals surface area (Å²) in [6.07, 6.45) is 3.43. The topological polar surface area (TPSA) is 48.4 Å². The summed E-state index contributed by atoms with van der Waals surface area (Å²) in [6.45, 7) is 1.86. The van der Waals surface area contributed by atoms with Crippen molar-refractivity contribution in [1.29, 1.82) is 0 Å². The number of anilines is 2. The maximum absolute atomic E-state index is 13.8. The Labute approximate surface area is 117 Å². The fraction of sp³-hybridized carbons (Fsp3) is 0.267. The molecule has 0 fully saturated rings. The number of hydrogen-bond acceptors (Lipinski definition) is 4. The van der Waals surface area contributed by atoms with Gasteiger partial charge < -0.3 is 15.3 Å². The van der Waals surface area contributed by atoms with Crippen molar-refractivity contribution in [3.63, 3.8) is 0 Å². The minimum absolute atomic E-state index is 0.0752. The van der Waals surface area contributed by atoms with E-state index in [2.05, 4.69) is 10.3 Å². The lowest BCUT2D eigenvalue weighted by atomic mass is 10.1. The Hall–Kier alpha value is -2.30. The Morgan fingerprint density at radius 2 is 2.05 bits per heavy atom. The molecule has 1 atom stereocenters. The van der Waals surface area contributed by atoms with Gasteiger partial charge in [0.25, 0.3) is 0 Å². The van der Waals surface area contributed by atoms with Gasteiger partial charge in [-0.25, -0.2) is 4.39 Å². The number of phenolic OH excluding ortho intramolecular Hbond substituents is 1. The standard InChI is InChI=1S/C15H18FN3O/c1-10(12-5-4-11(20)8-13(12)16)18-14-9-17-7-6-15(14)19(2)3/h4-10,18,20H,1-3H3. The number of rotatable bonds is 4. The molecule has 0 saturated carbocycles. The average molecular weight is 275 g/mol. The highest BCUT2D eigenvalue weighted by atomic mass is 19.1. The van der Waals surface area contributed by atoms with Crippen LogP contribution in [0.15, 0.2) is 36.7 Å². The molecule has 0 aliphatic rings. The van der Waals surface area contributed by atoms with E-state index in [0.717, 1.165) is 17.4 Å². The van der Waals surface area contributed by atoms with Crippen LogP contribution in [0.5, 0.6) is 5.75 Å². The molecule has 1 heterocycles. The van der Waals surface area contributed by atoms with E-state index in [4.69, 9.17) is 0 Å². The van der Waals surface area contributed by atoms with Gasteiger partial charge >= 0.3 is 0 Å². The SMILES string of the molecule is CC(Nc1cnccc1N(C)C)c1ccc(O)cc1F. The average Bonchev–Trinajstić information content (AvgIpc) is 2.38. The molecule has 2 N–H and O–H groups in total. The third kappa shape index (κ3) is 2.99. The van der Waals surface area contributed by atoms with Crippen molar-refractivity contribution in [2.24, 2.45) is 0 Å². The number of phenols is 1. The summed E-state index contributed by atoms with van der Waals surface area (Å²) in [5.74, 6) is -0.505. The summed E-state index contributed by atoms with van der Waals surface area (Å²) in [4.78, 5) is 6.05. The number of nitrogens with one attached hydrogen (secondary N) is 1. The van der Waals surface area contributed by atoms with E-state index >= 15 is 0 Å². The third-order valence-electron chi connectivity index (χ3n) is 3.10. The molecule has 0 aliphatic heterocycles. The molecule has 1 aromatic carbocycles. The maximum Gasteiger partial charge on any atom is 0.132 e. The fourth-order valence-corrected chi connectivity index (χ4v) is 2.07. The highest BCUT2D eigenvalue weighted by Crippen LogP contribution is 2.28. The van der Waals surface area contributed by atoms with Crippen LogP contribution in [-0.2, 0) is 0 Å². The van der Waals surface area contributed by atoms with E-state index < -0.39 is 5.82 Å². The lowest BCUT2D eigenvalue weighted by Crippen LogP contribution is -2.15. The molecule has 5 heteroatoms. The van der Waals surface area contributed by atoms with Gasteiger partial charge in [-0.15, -0.1) is 0 Å². The summed E-state index contributed by atoms with van der Waals surface area (Å²) in [7, 11) is 3.87. The van der Waals surface area contributed by atoms with Crippen LogP contribution in [0, 0.1) is 5.82 Å². The molecule has 2 rings (SSSR count). The van der Waals surface area contributed by atoms with E-state index in [1.807, 2.05) is 32.0 Å². The third-order valence-corrected chi connectivity index (χ3v) is 3.10. The number of pyridine rings is 1. The molecule has 0 saturated heterocycles. The second-order valence-corrected chi connectivity index (χ2v) is 4.86. The van der Waals surface area contributed by atoms with Crippen LogP contribution in [-0.4, -0.2) is 24.2 Å². The number of nitrogens with zero attached hydrogens (tertiary/aromatic N) is 2. The van der Waals surface area contributed by atoms with Gasteiger partial charge in [0.2, 0.25) is 0 Å².